The molecule has 0 bridgehead atoms. The maximum absolute atomic E-state index is 12.3. The lowest BCUT2D eigenvalue weighted by Gasteiger charge is -2.35. The van der Waals surface area contributed by atoms with Crippen LogP contribution in [-0.4, -0.2) is 170 Å². The Morgan fingerprint density at radius 1 is 0.525 bits per heavy atom. The smallest absolute Gasteiger partial charge is 0.290 e. The van der Waals surface area contributed by atoms with Crippen LogP contribution in [0.4, 0.5) is 0 Å². The average molecular weight is 1220 g/mol. The first-order valence-electron chi connectivity index (χ1n) is 31.1. The van der Waals surface area contributed by atoms with E-state index in [1.165, 1.54) is 152 Å². The van der Waals surface area contributed by atoms with Crippen molar-refractivity contribution in [2.24, 2.45) is 11.8 Å². The number of nitrogens with one attached hydrogen (secondary N) is 2. The van der Waals surface area contributed by atoms with E-state index in [0.717, 1.165) is 77.6 Å². The van der Waals surface area contributed by atoms with E-state index in [1.54, 1.807) is 11.0 Å². The number of aliphatic hydroxyl groups excluding tert-OH is 1. The summed E-state index contributed by atoms with van der Waals surface area (Å²) in [7, 11) is 0. The van der Waals surface area contributed by atoms with Gasteiger partial charge in [-0.1, -0.05) is 45.9 Å². The number of nitrogens with zero attached hydrogens (tertiary/aromatic N) is 6. The van der Waals surface area contributed by atoms with Gasteiger partial charge in [0, 0.05) is 72.3 Å². The quantitative estimate of drug-likeness (QED) is 0.131. The molecular formula is C63H95IN8O8. The molecule has 4 N–H and O–H groups in total. The minimum absolute atomic E-state index is 0.000602. The van der Waals surface area contributed by atoms with Crippen molar-refractivity contribution in [1.29, 1.82) is 0 Å². The normalized spacial score (nSPS) is 31.7. The van der Waals surface area contributed by atoms with Crippen LogP contribution in [0.1, 0.15) is 195 Å². The number of halogens is 1. The van der Waals surface area contributed by atoms with E-state index in [-0.39, 0.29) is 54.6 Å². The van der Waals surface area contributed by atoms with Gasteiger partial charge in [0.05, 0.1) is 12.1 Å². The Morgan fingerprint density at radius 3 is 1.56 bits per heavy atom. The number of carbonyl (C=O) groups is 6. The molecule has 17 heteroatoms. The van der Waals surface area contributed by atoms with E-state index in [1.807, 2.05) is 26.0 Å². The van der Waals surface area contributed by atoms with Crippen LogP contribution in [0.25, 0.3) is 0 Å². The summed E-state index contributed by atoms with van der Waals surface area (Å²) in [6.45, 7) is 21.1. The molecule has 0 aromatic heterocycles. The Balaban J connectivity index is 0.000000136. The molecule has 10 unspecified atom stereocenters. The summed E-state index contributed by atoms with van der Waals surface area (Å²) < 4.78 is 1.06. The van der Waals surface area contributed by atoms with Crippen molar-refractivity contribution in [1.82, 2.24) is 40.0 Å². The second-order valence-corrected chi connectivity index (χ2v) is 25.9. The molecule has 0 spiro atoms. The molecule has 0 radical (unpaired) electrons. The standard InChI is InChI=1S/C21H27N3O2.C13H11IN2O3.2C9H17N.C8H15NO.C2H6.CH2O2/c25-20-6-5-19(21(26)22-20)24-12-16-4-3-14(10-17(16)13-24)15-7-9-23-8-1-2-18(23)11-15;14-8-1-2-9-7(5-8)6-16(13(9)19)10-3-4-11(17)15-12(10)18;2*1-8-4-6-10-5-2-3-9(10)7-8;10-8-3-5-9-4-1-2-7(9)6-8;1-2;2-1-3/h3-4,10,15,18-19H,1-2,5-9,11-13H2,(H,22,25,26);1-2,5,10H,3-4,6H2,(H,15,17,18);2*8-9H,2-7H2,1H3;7-8,10H,1-6H2;1-2H3;1H,(H,2,3). The Kier molecular flexibility index (Phi) is 23.4. The van der Waals surface area contributed by atoms with E-state index in [9.17, 15) is 29.1 Å². The predicted molar refractivity (Wildman–Crippen MR) is 319 cm³/mol. The lowest BCUT2D eigenvalue weighted by Crippen LogP contribution is -2.52. The molecule has 80 heavy (non-hydrogen) atoms. The molecule has 2 aromatic rings. The number of hydrogen-bond acceptors (Lipinski definition) is 12. The highest BCUT2D eigenvalue weighted by Gasteiger charge is 2.40. The second-order valence-electron chi connectivity index (χ2n) is 24.7. The van der Waals surface area contributed by atoms with Gasteiger partial charge in [-0.2, -0.15) is 0 Å². The minimum atomic E-state index is -0.532. The maximum Gasteiger partial charge on any atom is 0.290 e. The number of amides is 5. The SMILES string of the molecule is CC.CC1CCN2CCCC2C1.CC1CCN2CCCC2C1.O=C1CCC(N2Cc3cc(I)ccc3C2=O)C(=O)N1.O=C1CCC(N2Cc3ccc(C4CCN5CCCC5C4)cc3C2)C(=O)N1.O=CO.OC1CCN2CCCC2C1. The number of imide groups is 2. The molecule has 0 saturated carbocycles. The summed E-state index contributed by atoms with van der Waals surface area (Å²) in [4.78, 5) is 81.6. The molecule has 5 amide bonds. The summed E-state index contributed by atoms with van der Waals surface area (Å²) in [5.41, 5.74) is 5.81. The number of rotatable bonds is 3. The van der Waals surface area contributed by atoms with E-state index in [0.29, 0.717) is 37.3 Å². The summed E-state index contributed by atoms with van der Waals surface area (Å²) in [5.74, 6) is 1.67. The first-order chi connectivity index (χ1) is 38.7. The van der Waals surface area contributed by atoms with Crippen molar-refractivity contribution in [2.75, 3.05) is 52.4 Å². The zero-order chi connectivity index (χ0) is 56.9. The van der Waals surface area contributed by atoms with E-state index in [4.69, 9.17) is 9.90 Å². The fourth-order valence-electron chi connectivity index (χ4n) is 15.1. The van der Waals surface area contributed by atoms with Crippen LogP contribution in [-0.2, 0) is 43.6 Å². The van der Waals surface area contributed by atoms with Gasteiger partial charge in [-0.15, -0.1) is 0 Å². The third kappa shape index (κ3) is 16.3. The molecule has 10 fully saturated rings. The lowest BCUT2D eigenvalue weighted by atomic mass is 9.84. The van der Waals surface area contributed by atoms with Crippen LogP contribution in [0, 0.1) is 15.4 Å². The fraction of sp³-hybridized carbons (Fsp3) is 0.714. The van der Waals surface area contributed by atoms with Crippen LogP contribution in [0.5, 0.6) is 0 Å². The minimum Gasteiger partial charge on any atom is -0.483 e. The number of hydrogen-bond donors (Lipinski definition) is 4. The van der Waals surface area contributed by atoms with Crippen LogP contribution >= 0.6 is 22.6 Å². The molecule has 12 aliphatic rings. The lowest BCUT2D eigenvalue weighted by molar-refractivity contribution is -0.138. The molecule has 10 atom stereocenters. The highest BCUT2D eigenvalue weighted by Crippen LogP contribution is 2.39. The van der Waals surface area contributed by atoms with Crippen molar-refractivity contribution in [3.63, 3.8) is 0 Å². The number of carbonyl (C=O) groups excluding carboxylic acids is 5. The topological polar surface area (TPSA) is 186 Å². The molecule has 12 heterocycles. The van der Waals surface area contributed by atoms with Gasteiger partial charge < -0.3 is 34.7 Å². The largest absolute Gasteiger partial charge is 0.483 e. The Labute approximate surface area is 491 Å². The van der Waals surface area contributed by atoms with Crippen molar-refractivity contribution >= 4 is 58.6 Å². The molecule has 12 aliphatic heterocycles. The van der Waals surface area contributed by atoms with Gasteiger partial charge in [-0.25, -0.2) is 0 Å². The van der Waals surface area contributed by atoms with Gasteiger partial charge in [0.2, 0.25) is 23.6 Å². The van der Waals surface area contributed by atoms with Gasteiger partial charge in [0.25, 0.3) is 12.4 Å². The summed E-state index contributed by atoms with van der Waals surface area (Å²) in [6, 6.07) is 15.4. The van der Waals surface area contributed by atoms with Gasteiger partial charge in [-0.05, 0) is 242 Å². The molecule has 2 aromatic carbocycles. The summed E-state index contributed by atoms with van der Waals surface area (Å²) in [6.07, 6.45) is 23.5. The maximum atomic E-state index is 12.3. The van der Waals surface area contributed by atoms with Crippen molar-refractivity contribution in [3.05, 3.63) is 67.8 Å². The molecule has 442 valence electrons. The van der Waals surface area contributed by atoms with Crippen LogP contribution in [0.2, 0.25) is 0 Å². The summed E-state index contributed by atoms with van der Waals surface area (Å²) >= 11 is 2.19. The van der Waals surface area contributed by atoms with Crippen molar-refractivity contribution < 1.29 is 39.0 Å². The highest BCUT2D eigenvalue weighted by atomic mass is 127. The van der Waals surface area contributed by atoms with Crippen LogP contribution in [0.15, 0.2) is 36.4 Å². The number of piperidine rings is 6. The average Bonchev–Trinajstić information content (AvgIpc) is 4.34. The Hall–Kier alpha value is -3.85. The highest BCUT2D eigenvalue weighted by molar-refractivity contribution is 14.1. The van der Waals surface area contributed by atoms with Gasteiger partial charge in [-0.3, -0.25) is 44.3 Å². The van der Waals surface area contributed by atoms with Gasteiger partial charge in [0.15, 0.2) is 0 Å². The molecule has 0 aliphatic carbocycles. The third-order valence-corrected chi connectivity index (χ3v) is 20.0. The van der Waals surface area contributed by atoms with Crippen LogP contribution in [0.3, 0.4) is 0 Å². The monoisotopic (exact) mass is 1220 g/mol. The Morgan fingerprint density at radius 2 is 1.01 bits per heavy atom. The molecule has 10 saturated heterocycles. The number of benzene rings is 2. The van der Waals surface area contributed by atoms with Gasteiger partial charge in [0.1, 0.15) is 6.04 Å². The fourth-order valence-corrected chi connectivity index (χ4v) is 15.6. The van der Waals surface area contributed by atoms with E-state index >= 15 is 0 Å². The van der Waals surface area contributed by atoms with Gasteiger partial charge >= 0.3 is 0 Å². The first-order valence-corrected chi connectivity index (χ1v) is 32.2. The van der Waals surface area contributed by atoms with Crippen molar-refractivity contribution in [3.8, 4) is 0 Å². The Bertz CT molecular complexity index is 2360. The predicted octanol–water partition coefficient (Wildman–Crippen LogP) is 8.30. The zero-order valence-corrected chi connectivity index (χ0v) is 50.8. The summed E-state index contributed by atoms with van der Waals surface area (Å²) in [5, 5.41) is 21.0. The third-order valence-electron chi connectivity index (χ3n) is 19.4. The zero-order valence-electron chi connectivity index (χ0n) is 48.6. The number of aliphatic hydroxyl groups is 1. The second kappa shape index (κ2) is 30.1. The molecular weight excluding hydrogens is 1120 g/mol. The molecule has 16 nitrogen and oxygen atoms in total. The van der Waals surface area contributed by atoms with E-state index in [2.05, 4.69) is 89.8 Å². The van der Waals surface area contributed by atoms with Crippen LogP contribution < -0.4 is 10.6 Å². The first kappa shape index (κ1) is 62.2. The number of carboxylic acid groups (broad SMARTS) is 1. The van der Waals surface area contributed by atoms with Crippen molar-refractivity contribution in [2.45, 2.75) is 224 Å². The number of fused-ring (bicyclic) bond motifs is 6. The van der Waals surface area contributed by atoms with E-state index < -0.39 is 6.04 Å². The molecule has 14 rings (SSSR count).